The molecule has 1 heterocycles. The highest BCUT2D eigenvalue weighted by molar-refractivity contribution is 5.67. The molecule has 0 aliphatic heterocycles. The van der Waals surface area contributed by atoms with E-state index < -0.39 is 0 Å². The lowest BCUT2D eigenvalue weighted by Gasteiger charge is -2.07. The van der Waals surface area contributed by atoms with Gasteiger partial charge >= 0.3 is 0 Å². The van der Waals surface area contributed by atoms with E-state index in [1.165, 1.54) is 0 Å². The fraction of sp³-hybridized carbons (Fsp3) is 0.0833. The summed E-state index contributed by atoms with van der Waals surface area (Å²) in [5.74, 6) is 1.31. The molecule has 2 rings (SSSR count). The third-order valence-electron chi connectivity index (χ3n) is 2.15. The van der Waals surface area contributed by atoms with Gasteiger partial charge in [0.15, 0.2) is 0 Å². The van der Waals surface area contributed by atoms with Gasteiger partial charge in [0.2, 0.25) is 0 Å². The van der Waals surface area contributed by atoms with E-state index >= 15 is 0 Å². The van der Waals surface area contributed by atoms with E-state index in [0.717, 1.165) is 17.0 Å². The first kappa shape index (κ1) is 9.52. The summed E-state index contributed by atoms with van der Waals surface area (Å²) < 4.78 is 5.26. The summed E-state index contributed by atoms with van der Waals surface area (Å²) in [6.07, 6.45) is 0. The summed E-state index contributed by atoms with van der Waals surface area (Å²) in [4.78, 5) is 4.25. The molecule has 0 bridgehead atoms. The Bertz CT molecular complexity index is 469. The fourth-order valence-corrected chi connectivity index (χ4v) is 1.46. The third-order valence-corrected chi connectivity index (χ3v) is 2.15. The van der Waals surface area contributed by atoms with Crippen LogP contribution in [0.4, 0.5) is 5.82 Å². The highest BCUT2D eigenvalue weighted by Gasteiger charge is 2.05. The summed E-state index contributed by atoms with van der Waals surface area (Å²) in [5, 5.41) is 0. The fourth-order valence-electron chi connectivity index (χ4n) is 1.46. The Hall–Kier alpha value is -2.03. The normalized spacial score (nSPS) is 9.93. The quantitative estimate of drug-likeness (QED) is 0.809. The molecule has 0 spiro atoms. The maximum atomic E-state index is 5.64. The number of nitrogens with zero attached hydrogens (tertiary/aromatic N) is 1. The molecule has 0 atom stereocenters. The number of hydrogen-bond donors (Lipinski definition) is 1. The van der Waals surface area contributed by atoms with Crippen LogP contribution < -0.4 is 10.5 Å². The third kappa shape index (κ3) is 1.91. The van der Waals surface area contributed by atoms with Crippen molar-refractivity contribution < 1.29 is 4.74 Å². The van der Waals surface area contributed by atoms with Crippen LogP contribution in [0.5, 0.6) is 5.75 Å². The highest BCUT2D eigenvalue weighted by Crippen LogP contribution is 2.28. The smallest absolute Gasteiger partial charge is 0.128 e. The maximum Gasteiger partial charge on any atom is 0.128 e. The van der Waals surface area contributed by atoms with Crippen molar-refractivity contribution in [2.75, 3.05) is 12.8 Å². The second kappa shape index (κ2) is 4.00. The predicted octanol–water partition coefficient (Wildman–Crippen LogP) is 2.34. The molecular formula is C12H12N2O. The van der Waals surface area contributed by atoms with Crippen LogP contribution in [-0.2, 0) is 0 Å². The summed E-state index contributed by atoms with van der Waals surface area (Å²) in [7, 11) is 1.64. The molecule has 1 aromatic heterocycles. The Morgan fingerprint density at radius 1 is 1.07 bits per heavy atom. The molecule has 0 amide bonds. The van der Waals surface area contributed by atoms with Crippen LogP contribution in [0, 0.1) is 0 Å². The average Bonchev–Trinajstić information content (AvgIpc) is 2.29. The summed E-state index contributed by atoms with van der Waals surface area (Å²) in [5.41, 5.74) is 7.41. The molecule has 0 aliphatic carbocycles. The molecule has 3 nitrogen and oxygen atoms in total. The Balaban J connectivity index is 2.53. The molecule has 0 aliphatic rings. The maximum absolute atomic E-state index is 5.64. The first-order valence-electron chi connectivity index (χ1n) is 4.67. The van der Waals surface area contributed by atoms with Crippen LogP contribution in [0.15, 0.2) is 42.5 Å². The molecule has 15 heavy (non-hydrogen) atoms. The number of aromatic nitrogens is 1. The van der Waals surface area contributed by atoms with Crippen molar-refractivity contribution in [3.05, 3.63) is 42.5 Å². The van der Waals surface area contributed by atoms with Crippen molar-refractivity contribution in [3.8, 4) is 17.0 Å². The minimum absolute atomic E-state index is 0.512. The summed E-state index contributed by atoms with van der Waals surface area (Å²) in [6, 6.07) is 13.3. The average molecular weight is 200 g/mol. The number of nitrogen functional groups attached to an aromatic ring is 1. The van der Waals surface area contributed by atoms with Gasteiger partial charge in [0.05, 0.1) is 12.8 Å². The second-order valence-electron chi connectivity index (χ2n) is 3.15. The van der Waals surface area contributed by atoms with Crippen LogP contribution in [0.1, 0.15) is 0 Å². The molecule has 0 saturated carbocycles. The number of anilines is 1. The summed E-state index contributed by atoms with van der Waals surface area (Å²) >= 11 is 0. The molecule has 0 saturated heterocycles. The Morgan fingerprint density at radius 2 is 1.87 bits per heavy atom. The van der Waals surface area contributed by atoms with Gasteiger partial charge in [-0.1, -0.05) is 18.2 Å². The number of methoxy groups -OCH3 is 1. The lowest BCUT2D eigenvalue weighted by molar-refractivity contribution is 0.416. The molecule has 0 fully saturated rings. The van der Waals surface area contributed by atoms with Gasteiger partial charge in [0.1, 0.15) is 11.6 Å². The van der Waals surface area contributed by atoms with Crippen molar-refractivity contribution in [1.82, 2.24) is 4.98 Å². The predicted molar refractivity (Wildman–Crippen MR) is 60.6 cm³/mol. The van der Waals surface area contributed by atoms with Gasteiger partial charge in [-0.3, -0.25) is 0 Å². The molecule has 76 valence electrons. The number of ether oxygens (including phenoxy) is 1. The zero-order valence-corrected chi connectivity index (χ0v) is 8.47. The van der Waals surface area contributed by atoms with E-state index in [4.69, 9.17) is 10.5 Å². The van der Waals surface area contributed by atoms with Gasteiger partial charge in [-0.15, -0.1) is 0 Å². The van der Waals surface area contributed by atoms with Crippen LogP contribution in [-0.4, -0.2) is 12.1 Å². The first-order valence-corrected chi connectivity index (χ1v) is 4.67. The summed E-state index contributed by atoms with van der Waals surface area (Å²) in [6.45, 7) is 0. The first-order chi connectivity index (χ1) is 7.31. The van der Waals surface area contributed by atoms with E-state index in [1.807, 2.05) is 36.4 Å². The molecule has 2 N–H and O–H groups in total. The highest BCUT2D eigenvalue weighted by atomic mass is 16.5. The van der Waals surface area contributed by atoms with Gasteiger partial charge in [0, 0.05) is 5.56 Å². The Morgan fingerprint density at radius 3 is 2.60 bits per heavy atom. The van der Waals surface area contributed by atoms with E-state index in [0.29, 0.717) is 5.82 Å². The molecule has 3 heteroatoms. The standard InChI is InChI=1S/C12H12N2O/c1-15-11-7-3-2-5-9(11)10-6-4-8-12(13)14-10/h2-8H,1H3,(H2,13,14). The lowest BCUT2D eigenvalue weighted by Crippen LogP contribution is -1.93. The number of benzene rings is 1. The van der Waals surface area contributed by atoms with Gasteiger partial charge in [-0.25, -0.2) is 4.98 Å². The number of para-hydroxylation sites is 1. The van der Waals surface area contributed by atoms with Gasteiger partial charge < -0.3 is 10.5 Å². The minimum atomic E-state index is 0.512. The number of nitrogens with two attached hydrogens (primary N) is 1. The van der Waals surface area contributed by atoms with Crippen molar-refractivity contribution in [3.63, 3.8) is 0 Å². The zero-order chi connectivity index (χ0) is 10.7. The minimum Gasteiger partial charge on any atom is -0.496 e. The lowest BCUT2D eigenvalue weighted by atomic mass is 10.1. The van der Waals surface area contributed by atoms with E-state index in [1.54, 1.807) is 13.2 Å². The van der Waals surface area contributed by atoms with Gasteiger partial charge in [0.25, 0.3) is 0 Å². The van der Waals surface area contributed by atoms with Gasteiger partial charge in [-0.05, 0) is 24.3 Å². The number of rotatable bonds is 2. The van der Waals surface area contributed by atoms with Crippen molar-refractivity contribution in [1.29, 1.82) is 0 Å². The van der Waals surface area contributed by atoms with Crippen LogP contribution in [0.2, 0.25) is 0 Å². The molecule has 0 radical (unpaired) electrons. The van der Waals surface area contributed by atoms with Crippen LogP contribution in [0.25, 0.3) is 11.3 Å². The van der Waals surface area contributed by atoms with Crippen molar-refractivity contribution in [2.24, 2.45) is 0 Å². The number of hydrogen-bond acceptors (Lipinski definition) is 3. The second-order valence-corrected chi connectivity index (χ2v) is 3.15. The monoisotopic (exact) mass is 200 g/mol. The Labute approximate surface area is 88.5 Å². The van der Waals surface area contributed by atoms with Crippen molar-refractivity contribution >= 4 is 5.82 Å². The van der Waals surface area contributed by atoms with Crippen LogP contribution in [0.3, 0.4) is 0 Å². The van der Waals surface area contributed by atoms with Gasteiger partial charge in [-0.2, -0.15) is 0 Å². The molecule has 1 aromatic carbocycles. The Kier molecular flexibility index (Phi) is 2.54. The van der Waals surface area contributed by atoms with Crippen LogP contribution >= 0.6 is 0 Å². The topological polar surface area (TPSA) is 48.1 Å². The zero-order valence-electron chi connectivity index (χ0n) is 8.47. The largest absolute Gasteiger partial charge is 0.496 e. The van der Waals surface area contributed by atoms with E-state index in [-0.39, 0.29) is 0 Å². The number of pyridine rings is 1. The van der Waals surface area contributed by atoms with E-state index in [9.17, 15) is 0 Å². The molecule has 2 aromatic rings. The van der Waals surface area contributed by atoms with E-state index in [2.05, 4.69) is 4.98 Å². The molecule has 0 unspecified atom stereocenters. The molecular weight excluding hydrogens is 188 g/mol. The van der Waals surface area contributed by atoms with Crippen molar-refractivity contribution in [2.45, 2.75) is 0 Å². The SMILES string of the molecule is COc1ccccc1-c1cccc(N)n1.